The minimum absolute atomic E-state index is 0.0166. The van der Waals surface area contributed by atoms with Gasteiger partial charge in [0.25, 0.3) is 0 Å². The van der Waals surface area contributed by atoms with Crippen LogP contribution in [0.3, 0.4) is 0 Å². The summed E-state index contributed by atoms with van der Waals surface area (Å²) in [5.41, 5.74) is -0.967. The Kier molecular flexibility index (Phi) is 11.1. The van der Waals surface area contributed by atoms with Crippen LogP contribution >= 0.6 is 11.6 Å². The van der Waals surface area contributed by atoms with Crippen molar-refractivity contribution in [2.75, 3.05) is 17.1 Å². The van der Waals surface area contributed by atoms with E-state index in [2.05, 4.69) is 5.32 Å². The van der Waals surface area contributed by atoms with Crippen LogP contribution in [0.25, 0.3) is 0 Å². The number of halogens is 5. The Labute approximate surface area is 265 Å². The monoisotopic (exact) mass is 667 g/mol. The van der Waals surface area contributed by atoms with E-state index in [0.717, 1.165) is 49.3 Å². The molecule has 0 heterocycles. The molecule has 242 valence electrons. The Morgan fingerprint density at radius 2 is 1.62 bits per heavy atom. The number of benzene rings is 3. The predicted molar refractivity (Wildman–Crippen MR) is 165 cm³/mol. The van der Waals surface area contributed by atoms with Gasteiger partial charge in [-0.25, -0.2) is 12.8 Å². The molecule has 0 aromatic heterocycles. The van der Waals surface area contributed by atoms with E-state index in [1.807, 2.05) is 0 Å². The van der Waals surface area contributed by atoms with Crippen LogP contribution in [-0.2, 0) is 38.8 Å². The molecule has 1 unspecified atom stereocenters. The zero-order chi connectivity index (χ0) is 32.8. The van der Waals surface area contributed by atoms with Gasteiger partial charge in [0.1, 0.15) is 18.4 Å². The number of alkyl halides is 3. The average molecular weight is 668 g/mol. The van der Waals surface area contributed by atoms with Crippen molar-refractivity contribution < 1.29 is 35.6 Å². The van der Waals surface area contributed by atoms with E-state index in [1.54, 1.807) is 36.4 Å². The normalized spacial score (nSPS) is 14.9. The third-order valence-electron chi connectivity index (χ3n) is 7.74. The van der Waals surface area contributed by atoms with Gasteiger partial charge in [0, 0.05) is 24.6 Å². The quantitative estimate of drug-likeness (QED) is 0.242. The van der Waals surface area contributed by atoms with E-state index < -0.39 is 64.2 Å². The lowest BCUT2D eigenvalue weighted by Gasteiger charge is -2.35. The Hall–Kier alpha value is -3.64. The lowest BCUT2D eigenvalue weighted by atomic mass is 9.94. The maximum atomic E-state index is 14.9. The molecule has 45 heavy (non-hydrogen) atoms. The van der Waals surface area contributed by atoms with Crippen molar-refractivity contribution in [3.63, 3.8) is 0 Å². The summed E-state index contributed by atoms with van der Waals surface area (Å²) in [6.45, 7) is -1.40. The van der Waals surface area contributed by atoms with Crippen LogP contribution in [-0.4, -0.2) is 50.0 Å². The molecule has 0 aliphatic heterocycles. The molecule has 3 aromatic carbocycles. The van der Waals surface area contributed by atoms with Gasteiger partial charge in [-0.2, -0.15) is 13.2 Å². The molecule has 1 fully saturated rings. The number of carbonyl (C=O) groups excluding carboxylic acids is 2. The molecule has 3 aromatic rings. The van der Waals surface area contributed by atoms with E-state index in [0.29, 0.717) is 22.0 Å². The fourth-order valence-electron chi connectivity index (χ4n) is 5.38. The molecule has 0 radical (unpaired) electrons. The number of amides is 2. The summed E-state index contributed by atoms with van der Waals surface area (Å²) in [6.07, 6.45) is 0.318. The van der Waals surface area contributed by atoms with Crippen LogP contribution in [0.2, 0.25) is 5.02 Å². The van der Waals surface area contributed by atoms with E-state index in [-0.39, 0.29) is 23.0 Å². The second kappa shape index (κ2) is 14.6. The molecular weight excluding hydrogens is 634 g/mol. The lowest BCUT2D eigenvalue weighted by Crippen LogP contribution is -2.55. The zero-order valence-corrected chi connectivity index (χ0v) is 26.1. The van der Waals surface area contributed by atoms with Gasteiger partial charge in [-0.05, 0) is 42.7 Å². The number of rotatable bonds is 11. The van der Waals surface area contributed by atoms with E-state index in [1.165, 1.54) is 18.2 Å². The first-order chi connectivity index (χ1) is 21.2. The van der Waals surface area contributed by atoms with Crippen molar-refractivity contribution >= 4 is 39.1 Å². The van der Waals surface area contributed by atoms with Crippen molar-refractivity contribution in [3.05, 3.63) is 100 Å². The summed E-state index contributed by atoms with van der Waals surface area (Å²) in [5, 5.41) is 2.68. The van der Waals surface area contributed by atoms with Crippen LogP contribution in [0, 0.1) is 5.82 Å². The van der Waals surface area contributed by atoms with E-state index >= 15 is 0 Å². The second-order valence-corrected chi connectivity index (χ2v) is 13.4. The molecule has 13 heteroatoms. The van der Waals surface area contributed by atoms with E-state index in [4.69, 9.17) is 11.6 Å². The standard InChI is InChI=1S/C32H34ClF4N3O4S/c1-45(43,44)40(28-19-24(32(35,36)37)16-17-26(28)33)21-30(41)39(20-23-12-8-9-15-27(23)34)29(18-22-10-4-2-5-11-22)31(42)38-25-13-6-3-7-14-25/h2,4-5,8-12,15-17,19,25,29H,3,6-7,13-14,18,20-21H2,1H3,(H,38,42). The van der Waals surface area contributed by atoms with Gasteiger partial charge in [-0.15, -0.1) is 0 Å². The molecule has 1 aliphatic rings. The first-order valence-corrected chi connectivity index (χ1v) is 16.7. The van der Waals surface area contributed by atoms with Crippen molar-refractivity contribution in [1.29, 1.82) is 0 Å². The number of nitrogens with zero attached hydrogens (tertiary/aromatic N) is 2. The van der Waals surface area contributed by atoms with Crippen LogP contribution in [0.15, 0.2) is 72.8 Å². The molecule has 7 nitrogen and oxygen atoms in total. The van der Waals surface area contributed by atoms with Crippen LogP contribution < -0.4 is 9.62 Å². The summed E-state index contributed by atoms with van der Waals surface area (Å²) < 4.78 is 82.0. The molecule has 2 amide bonds. The lowest BCUT2D eigenvalue weighted by molar-refractivity contribution is -0.140. The summed E-state index contributed by atoms with van der Waals surface area (Å²) in [5.74, 6) is -2.09. The van der Waals surface area contributed by atoms with Gasteiger partial charge in [-0.1, -0.05) is 79.4 Å². The molecule has 4 rings (SSSR count). The zero-order valence-electron chi connectivity index (χ0n) is 24.6. The van der Waals surface area contributed by atoms with Crippen molar-refractivity contribution in [2.45, 2.75) is 63.3 Å². The van der Waals surface area contributed by atoms with Gasteiger partial charge in [0.05, 0.1) is 22.5 Å². The third-order valence-corrected chi connectivity index (χ3v) is 9.19. The maximum absolute atomic E-state index is 14.9. The third kappa shape index (κ3) is 9.20. The summed E-state index contributed by atoms with van der Waals surface area (Å²) in [6, 6.07) is 15.3. The number of carbonyl (C=O) groups is 2. The topological polar surface area (TPSA) is 86.8 Å². The molecule has 0 bridgehead atoms. The first-order valence-electron chi connectivity index (χ1n) is 14.5. The number of nitrogens with one attached hydrogen (secondary N) is 1. The fourth-order valence-corrected chi connectivity index (χ4v) is 6.51. The molecule has 1 aliphatic carbocycles. The molecule has 1 N–H and O–H groups in total. The number of hydrogen-bond acceptors (Lipinski definition) is 4. The highest BCUT2D eigenvalue weighted by Crippen LogP contribution is 2.36. The van der Waals surface area contributed by atoms with Gasteiger partial charge >= 0.3 is 6.18 Å². The SMILES string of the molecule is CS(=O)(=O)N(CC(=O)N(Cc1ccccc1F)C(Cc1ccccc1)C(=O)NC1CCCCC1)c1cc(C(F)(F)F)ccc1Cl. The summed E-state index contributed by atoms with van der Waals surface area (Å²) in [7, 11) is -4.38. The van der Waals surface area contributed by atoms with Gasteiger partial charge in [0.15, 0.2) is 0 Å². The van der Waals surface area contributed by atoms with Gasteiger partial charge in [0.2, 0.25) is 21.8 Å². The van der Waals surface area contributed by atoms with E-state index in [9.17, 15) is 35.6 Å². The van der Waals surface area contributed by atoms with Crippen LogP contribution in [0.4, 0.5) is 23.2 Å². The van der Waals surface area contributed by atoms with Gasteiger partial charge < -0.3 is 10.2 Å². The summed E-state index contributed by atoms with van der Waals surface area (Å²) in [4.78, 5) is 29.2. The minimum atomic E-state index is -4.82. The number of hydrogen-bond donors (Lipinski definition) is 1. The molecule has 0 saturated heterocycles. The Balaban J connectivity index is 1.77. The molecular formula is C32H34ClF4N3O4S. The highest BCUT2D eigenvalue weighted by molar-refractivity contribution is 7.92. The number of sulfonamides is 1. The van der Waals surface area contributed by atoms with Crippen LogP contribution in [0.1, 0.15) is 48.8 Å². The highest BCUT2D eigenvalue weighted by atomic mass is 35.5. The van der Waals surface area contributed by atoms with Crippen LogP contribution in [0.5, 0.6) is 0 Å². The minimum Gasteiger partial charge on any atom is -0.352 e. The molecule has 0 spiro atoms. The Morgan fingerprint density at radius 3 is 2.24 bits per heavy atom. The van der Waals surface area contributed by atoms with Crippen molar-refractivity contribution in [1.82, 2.24) is 10.2 Å². The van der Waals surface area contributed by atoms with Crippen molar-refractivity contribution in [2.24, 2.45) is 0 Å². The molecule has 1 saturated carbocycles. The fraction of sp³-hybridized carbons (Fsp3) is 0.375. The predicted octanol–water partition coefficient (Wildman–Crippen LogP) is 6.35. The molecule has 1 atom stereocenters. The highest BCUT2D eigenvalue weighted by Gasteiger charge is 2.36. The number of anilines is 1. The Morgan fingerprint density at radius 1 is 0.978 bits per heavy atom. The first kappa shape index (κ1) is 34.2. The average Bonchev–Trinajstić information content (AvgIpc) is 2.98. The van der Waals surface area contributed by atoms with Gasteiger partial charge in [-0.3, -0.25) is 13.9 Å². The largest absolute Gasteiger partial charge is 0.416 e. The van der Waals surface area contributed by atoms with Crippen molar-refractivity contribution in [3.8, 4) is 0 Å². The smallest absolute Gasteiger partial charge is 0.352 e. The second-order valence-electron chi connectivity index (χ2n) is 11.1. The Bertz CT molecular complexity index is 1600. The summed E-state index contributed by atoms with van der Waals surface area (Å²) >= 11 is 6.18. The maximum Gasteiger partial charge on any atom is 0.416 e.